The zero-order valence-corrected chi connectivity index (χ0v) is 12.9. The van der Waals surface area contributed by atoms with Gasteiger partial charge < -0.3 is 15.8 Å². The summed E-state index contributed by atoms with van der Waals surface area (Å²) < 4.78 is 28.6. The summed E-state index contributed by atoms with van der Waals surface area (Å²) in [6, 6.07) is 2.19. The zero-order chi connectivity index (χ0) is 15.6. The molecule has 1 saturated heterocycles. The van der Waals surface area contributed by atoms with Crippen LogP contribution in [0, 0.1) is 11.6 Å². The van der Waals surface area contributed by atoms with Crippen molar-refractivity contribution in [1.82, 2.24) is 0 Å². The van der Waals surface area contributed by atoms with E-state index in [0.717, 1.165) is 24.3 Å². The molecule has 0 bridgehead atoms. The van der Waals surface area contributed by atoms with Gasteiger partial charge in [-0.25, -0.2) is 8.78 Å². The number of oxime groups is 1. The normalized spacial score (nSPS) is 19.4. The van der Waals surface area contributed by atoms with Crippen molar-refractivity contribution in [2.45, 2.75) is 25.0 Å². The molecule has 0 spiro atoms. The summed E-state index contributed by atoms with van der Waals surface area (Å²) in [5, 5.41) is 11.3. The van der Waals surface area contributed by atoms with Crippen LogP contribution in [0.2, 0.25) is 0 Å². The van der Waals surface area contributed by atoms with Crippen molar-refractivity contribution in [3.63, 3.8) is 0 Å². The molecule has 1 aromatic carbocycles. The summed E-state index contributed by atoms with van der Waals surface area (Å²) in [5.41, 5.74) is 5.36. The van der Waals surface area contributed by atoms with E-state index in [9.17, 15) is 8.78 Å². The molecule has 116 valence electrons. The number of thioether (sulfide) groups is 1. The number of nitrogens with zero attached hydrogens (tertiary/aromatic N) is 2. The molecule has 1 aromatic rings. The number of benzene rings is 1. The Labute approximate surface area is 127 Å². The predicted molar refractivity (Wildman–Crippen MR) is 82.2 cm³/mol. The highest BCUT2D eigenvalue weighted by molar-refractivity contribution is 8.00. The van der Waals surface area contributed by atoms with Crippen LogP contribution in [0.4, 0.5) is 14.5 Å². The molecule has 1 fully saturated rings. The summed E-state index contributed by atoms with van der Waals surface area (Å²) in [6.45, 7) is 5.45. The van der Waals surface area contributed by atoms with E-state index < -0.39 is 11.6 Å². The molecule has 0 atom stereocenters. The Morgan fingerprint density at radius 2 is 1.95 bits per heavy atom. The lowest BCUT2D eigenvalue weighted by Crippen LogP contribution is -2.29. The van der Waals surface area contributed by atoms with Crippen molar-refractivity contribution in [3.05, 3.63) is 29.3 Å². The standard InChI is InChI=1S/C14H19F2N3OS/c1-14(2)3-4-19(5-6-21-14)12-10(15)7-9(8-11(12)16)13(17)18-20/h7-8,20H,3-6H2,1-2H3,(H2,17,18). The minimum Gasteiger partial charge on any atom is -0.409 e. The fraction of sp³-hybridized carbons (Fsp3) is 0.500. The number of halogens is 2. The van der Waals surface area contributed by atoms with Crippen molar-refractivity contribution < 1.29 is 14.0 Å². The molecule has 7 heteroatoms. The number of hydrogen-bond donors (Lipinski definition) is 2. The number of hydrogen-bond acceptors (Lipinski definition) is 4. The van der Waals surface area contributed by atoms with Gasteiger partial charge in [-0.05, 0) is 18.6 Å². The second kappa shape index (κ2) is 6.09. The maximum absolute atomic E-state index is 14.2. The highest BCUT2D eigenvalue weighted by atomic mass is 32.2. The summed E-state index contributed by atoms with van der Waals surface area (Å²) in [4.78, 5) is 1.72. The van der Waals surface area contributed by atoms with Gasteiger partial charge in [0.15, 0.2) is 5.84 Å². The molecule has 0 radical (unpaired) electrons. The summed E-state index contributed by atoms with van der Waals surface area (Å²) in [6.07, 6.45) is 0.846. The predicted octanol–water partition coefficient (Wildman–Crippen LogP) is 2.78. The third-order valence-electron chi connectivity index (χ3n) is 3.57. The van der Waals surface area contributed by atoms with E-state index in [0.29, 0.717) is 13.1 Å². The fourth-order valence-electron chi connectivity index (χ4n) is 2.32. The Balaban J connectivity index is 2.32. The largest absolute Gasteiger partial charge is 0.409 e. The van der Waals surface area contributed by atoms with Gasteiger partial charge in [0.2, 0.25) is 0 Å². The first kappa shape index (κ1) is 15.9. The van der Waals surface area contributed by atoms with Crippen LogP contribution in [0.25, 0.3) is 0 Å². The first-order valence-electron chi connectivity index (χ1n) is 6.70. The number of rotatable bonds is 2. The third kappa shape index (κ3) is 3.58. The van der Waals surface area contributed by atoms with Crippen LogP contribution in [-0.4, -0.2) is 34.6 Å². The van der Waals surface area contributed by atoms with E-state index in [4.69, 9.17) is 10.9 Å². The van der Waals surface area contributed by atoms with Crippen LogP contribution in [0.5, 0.6) is 0 Å². The smallest absolute Gasteiger partial charge is 0.170 e. The van der Waals surface area contributed by atoms with Gasteiger partial charge in [-0.3, -0.25) is 0 Å². The molecule has 2 rings (SSSR count). The van der Waals surface area contributed by atoms with E-state index in [1.54, 1.807) is 16.7 Å². The molecule has 0 saturated carbocycles. The fourth-order valence-corrected chi connectivity index (χ4v) is 3.42. The van der Waals surface area contributed by atoms with Crippen LogP contribution >= 0.6 is 11.8 Å². The molecule has 21 heavy (non-hydrogen) atoms. The third-order valence-corrected chi connectivity index (χ3v) is 4.95. The van der Waals surface area contributed by atoms with Gasteiger partial charge in [-0.15, -0.1) is 0 Å². The lowest BCUT2D eigenvalue weighted by atomic mass is 10.1. The minimum absolute atomic E-state index is 0.0285. The van der Waals surface area contributed by atoms with Gasteiger partial charge in [-0.2, -0.15) is 11.8 Å². The molecule has 0 amide bonds. The molecule has 1 heterocycles. The van der Waals surface area contributed by atoms with Crippen LogP contribution in [0.15, 0.2) is 17.3 Å². The lowest BCUT2D eigenvalue weighted by molar-refractivity contribution is 0.318. The van der Waals surface area contributed by atoms with Gasteiger partial charge in [0.25, 0.3) is 0 Å². The second-order valence-electron chi connectivity index (χ2n) is 5.62. The molecule has 1 aliphatic rings. The quantitative estimate of drug-likeness (QED) is 0.381. The topological polar surface area (TPSA) is 61.8 Å². The first-order chi connectivity index (χ1) is 9.84. The van der Waals surface area contributed by atoms with E-state index in [-0.39, 0.29) is 21.8 Å². The van der Waals surface area contributed by atoms with Crippen molar-refractivity contribution in [1.29, 1.82) is 0 Å². The monoisotopic (exact) mass is 315 g/mol. The molecule has 1 aliphatic heterocycles. The summed E-state index contributed by atoms with van der Waals surface area (Å²) >= 11 is 1.80. The average Bonchev–Trinajstić information content (AvgIpc) is 2.58. The van der Waals surface area contributed by atoms with E-state index in [2.05, 4.69) is 19.0 Å². The molecular weight excluding hydrogens is 296 g/mol. The van der Waals surface area contributed by atoms with Gasteiger partial charge in [0, 0.05) is 29.2 Å². The SMILES string of the molecule is CC1(C)CCN(c2c(F)cc(C(N)=NO)cc2F)CCS1. The lowest BCUT2D eigenvalue weighted by Gasteiger charge is -2.25. The molecule has 0 aliphatic carbocycles. The van der Waals surface area contributed by atoms with E-state index in [1.165, 1.54) is 0 Å². The minimum atomic E-state index is -0.693. The number of nitrogens with two attached hydrogens (primary N) is 1. The molecule has 3 N–H and O–H groups in total. The highest BCUT2D eigenvalue weighted by Gasteiger charge is 2.26. The Morgan fingerprint density at radius 1 is 1.33 bits per heavy atom. The Morgan fingerprint density at radius 3 is 2.52 bits per heavy atom. The Hall–Kier alpha value is -1.50. The first-order valence-corrected chi connectivity index (χ1v) is 7.68. The van der Waals surface area contributed by atoms with Crippen LogP contribution in [0.3, 0.4) is 0 Å². The van der Waals surface area contributed by atoms with Crippen molar-refractivity contribution in [2.24, 2.45) is 10.9 Å². The van der Waals surface area contributed by atoms with Crippen molar-refractivity contribution in [3.8, 4) is 0 Å². The van der Waals surface area contributed by atoms with Gasteiger partial charge in [0.05, 0.1) is 0 Å². The van der Waals surface area contributed by atoms with Gasteiger partial charge in [-0.1, -0.05) is 19.0 Å². The Kier molecular flexibility index (Phi) is 4.61. The summed E-state index contributed by atoms with van der Waals surface area (Å²) in [7, 11) is 0. The van der Waals surface area contributed by atoms with Crippen LogP contribution < -0.4 is 10.6 Å². The van der Waals surface area contributed by atoms with E-state index >= 15 is 0 Å². The van der Waals surface area contributed by atoms with E-state index in [1.807, 2.05) is 0 Å². The zero-order valence-electron chi connectivity index (χ0n) is 12.1. The second-order valence-corrected chi connectivity index (χ2v) is 7.42. The summed E-state index contributed by atoms with van der Waals surface area (Å²) in [5.74, 6) is -0.886. The molecule has 0 aromatic heterocycles. The van der Waals surface area contributed by atoms with Gasteiger partial charge in [0.1, 0.15) is 17.3 Å². The van der Waals surface area contributed by atoms with Crippen molar-refractivity contribution in [2.75, 3.05) is 23.7 Å². The average molecular weight is 315 g/mol. The molecule has 0 unspecified atom stereocenters. The van der Waals surface area contributed by atoms with Gasteiger partial charge >= 0.3 is 0 Å². The van der Waals surface area contributed by atoms with Crippen molar-refractivity contribution >= 4 is 23.3 Å². The maximum atomic E-state index is 14.2. The molecule has 4 nitrogen and oxygen atoms in total. The highest BCUT2D eigenvalue weighted by Crippen LogP contribution is 2.34. The van der Waals surface area contributed by atoms with Crippen LogP contribution in [-0.2, 0) is 0 Å². The molecular formula is C14H19F2N3OS. The number of amidine groups is 1. The number of anilines is 1. The Bertz CT molecular complexity index is 540. The maximum Gasteiger partial charge on any atom is 0.170 e. The van der Waals surface area contributed by atoms with Crippen LogP contribution in [0.1, 0.15) is 25.8 Å².